The molecule has 0 amide bonds. The number of phenols is 1. The minimum Gasteiger partial charge on any atom is -0.508 e. The van der Waals surface area contributed by atoms with E-state index in [4.69, 9.17) is 10.8 Å². The number of hydrogen-bond acceptors (Lipinski definition) is 2. The van der Waals surface area contributed by atoms with Crippen molar-refractivity contribution in [1.82, 2.24) is 0 Å². The van der Waals surface area contributed by atoms with Gasteiger partial charge in [0.2, 0.25) is 0 Å². The molecule has 0 aliphatic rings. The van der Waals surface area contributed by atoms with Crippen molar-refractivity contribution in [3.8, 4) is 5.75 Å². The summed E-state index contributed by atoms with van der Waals surface area (Å²) in [5.41, 5.74) is 7.53. The van der Waals surface area contributed by atoms with Crippen molar-refractivity contribution in [3.63, 3.8) is 0 Å². The highest BCUT2D eigenvalue weighted by molar-refractivity contribution is 5.26. The van der Waals surface area contributed by atoms with Crippen LogP contribution in [0.25, 0.3) is 0 Å². The van der Waals surface area contributed by atoms with Gasteiger partial charge >= 0.3 is 0 Å². The largest absolute Gasteiger partial charge is 0.508 e. The summed E-state index contributed by atoms with van der Waals surface area (Å²) in [7, 11) is 0. The summed E-state index contributed by atoms with van der Waals surface area (Å²) >= 11 is 0. The van der Waals surface area contributed by atoms with Crippen molar-refractivity contribution in [2.45, 2.75) is 39.7 Å². The molecular weight excluding hydrogens is 186 g/mol. The summed E-state index contributed by atoms with van der Waals surface area (Å²) in [5, 5.41) is 9.15. The molecule has 0 fully saturated rings. The average molecular weight is 207 g/mol. The lowest BCUT2D eigenvalue weighted by Crippen LogP contribution is -2.28. The summed E-state index contributed by atoms with van der Waals surface area (Å²) in [4.78, 5) is 0. The second-order valence-corrected chi connectivity index (χ2v) is 5.40. The van der Waals surface area contributed by atoms with Gasteiger partial charge < -0.3 is 10.8 Å². The zero-order chi connectivity index (χ0) is 11.5. The smallest absolute Gasteiger partial charge is 0.115 e. The fourth-order valence-corrected chi connectivity index (χ4v) is 1.79. The molecule has 0 bridgehead atoms. The molecule has 15 heavy (non-hydrogen) atoms. The summed E-state index contributed by atoms with van der Waals surface area (Å²) < 4.78 is 0. The predicted molar refractivity (Wildman–Crippen MR) is 63.9 cm³/mol. The van der Waals surface area contributed by atoms with Gasteiger partial charge in [0.1, 0.15) is 5.75 Å². The van der Waals surface area contributed by atoms with E-state index < -0.39 is 0 Å². The molecule has 3 N–H and O–H groups in total. The van der Waals surface area contributed by atoms with E-state index in [9.17, 15) is 0 Å². The lowest BCUT2D eigenvalue weighted by Gasteiger charge is -2.23. The highest BCUT2D eigenvalue weighted by Crippen LogP contribution is 2.21. The number of hydrogen-bond donors (Lipinski definition) is 2. The second kappa shape index (κ2) is 4.67. The molecule has 0 spiro atoms. The van der Waals surface area contributed by atoms with Gasteiger partial charge in [-0.05, 0) is 36.0 Å². The van der Waals surface area contributed by atoms with Gasteiger partial charge in [-0.25, -0.2) is 0 Å². The Hall–Kier alpha value is -1.02. The van der Waals surface area contributed by atoms with Gasteiger partial charge in [-0.15, -0.1) is 0 Å². The molecule has 1 aromatic carbocycles. The van der Waals surface area contributed by atoms with Gasteiger partial charge in [-0.2, -0.15) is 0 Å². The Kier molecular flexibility index (Phi) is 3.75. The number of benzene rings is 1. The molecule has 0 heterocycles. The Balaban J connectivity index is 2.51. The van der Waals surface area contributed by atoms with Crippen LogP contribution in [0.1, 0.15) is 32.8 Å². The summed E-state index contributed by atoms with van der Waals surface area (Å²) in [6.07, 6.45) is 1.88. The van der Waals surface area contributed by atoms with Crippen LogP contribution in [0.2, 0.25) is 0 Å². The van der Waals surface area contributed by atoms with Crippen LogP contribution >= 0.6 is 0 Å². The Morgan fingerprint density at radius 3 is 2.20 bits per heavy atom. The molecule has 1 unspecified atom stereocenters. The summed E-state index contributed by atoms with van der Waals surface area (Å²) in [5.74, 6) is 0.308. The molecular formula is C13H21NO. The SMILES string of the molecule is CC(C)(C)CC(N)Cc1ccc(O)cc1. The molecule has 0 radical (unpaired) electrons. The summed E-state index contributed by atoms with van der Waals surface area (Å²) in [6, 6.07) is 7.46. The van der Waals surface area contributed by atoms with Gasteiger partial charge in [-0.1, -0.05) is 32.9 Å². The second-order valence-electron chi connectivity index (χ2n) is 5.40. The van der Waals surface area contributed by atoms with E-state index in [2.05, 4.69) is 20.8 Å². The van der Waals surface area contributed by atoms with Gasteiger partial charge in [0.05, 0.1) is 0 Å². The maximum absolute atomic E-state index is 9.15. The molecule has 0 aliphatic carbocycles. The van der Waals surface area contributed by atoms with E-state index >= 15 is 0 Å². The van der Waals surface area contributed by atoms with E-state index in [0.29, 0.717) is 5.75 Å². The maximum atomic E-state index is 9.15. The zero-order valence-electron chi connectivity index (χ0n) is 9.83. The average Bonchev–Trinajstić information content (AvgIpc) is 2.05. The number of rotatable bonds is 3. The van der Waals surface area contributed by atoms with Crippen LogP contribution in [-0.2, 0) is 6.42 Å². The number of nitrogens with two attached hydrogens (primary N) is 1. The van der Waals surface area contributed by atoms with Crippen LogP contribution in [0.4, 0.5) is 0 Å². The zero-order valence-corrected chi connectivity index (χ0v) is 9.83. The van der Waals surface area contributed by atoms with Gasteiger partial charge in [-0.3, -0.25) is 0 Å². The Morgan fingerprint density at radius 1 is 1.20 bits per heavy atom. The van der Waals surface area contributed by atoms with E-state index in [1.807, 2.05) is 12.1 Å². The third kappa shape index (κ3) is 4.84. The molecule has 1 atom stereocenters. The van der Waals surface area contributed by atoms with Crippen LogP contribution in [0.5, 0.6) is 5.75 Å². The fraction of sp³-hybridized carbons (Fsp3) is 0.538. The lowest BCUT2D eigenvalue weighted by atomic mass is 9.86. The van der Waals surface area contributed by atoms with Crippen LogP contribution in [0.3, 0.4) is 0 Å². The van der Waals surface area contributed by atoms with Crippen molar-refractivity contribution in [2.75, 3.05) is 0 Å². The van der Waals surface area contributed by atoms with Crippen LogP contribution in [0, 0.1) is 5.41 Å². The first-order valence-electron chi connectivity index (χ1n) is 5.40. The van der Waals surface area contributed by atoms with Gasteiger partial charge in [0, 0.05) is 6.04 Å². The number of phenolic OH excluding ortho intramolecular Hbond substituents is 1. The van der Waals surface area contributed by atoms with Gasteiger partial charge in [0.15, 0.2) is 0 Å². The molecule has 0 aromatic heterocycles. The van der Waals surface area contributed by atoms with Crippen molar-refractivity contribution in [1.29, 1.82) is 0 Å². The van der Waals surface area contributed by atoms with Crippen LogP contribution in [0.15, 0.2) is 24.3 Å². The maximum Gasteiger partial charge on any atom is 0.115 e. The molecule has 2 nitrogen and oxygen atoms in total. The monoisotopic (exact) mass is 207 g/mol. The highest BCUT2D eigenvalue weighted by Gasteiger charge is 2.15. The lowest BCUT2D eigenvalue weighted by molar-refractivity contribution is 0.338. The minimum absolute atomic E-state index is 0.189. The van der Waals surface area contributed by atoms with E-state index in [1.165, 1.54) is 5.56 Å². The van der Waals surface area contributed by atoms with Crippen molar-refractivity contribution in [2.24, 2.45) is 11.1 Å². The third-order valence-electron chi connectivity index (χ3n) is 2.31. The molecule has 1 aromatic rings. The minimum atomic E-state index is 0.189. The first-order valence-corrected chi connectivity index (χ1v) is 5.40. The van der Waals surface area contributed by atoms with Crippen LogP contribution < -0.4 is 5.73 Å². The molecule has 0 aliphatic heterocycles. The van der Waals surface area contributed by atoms with Crippen molar-refractivity contribution < 1.29 is 5.11 Å². The Labute approximate surface area is 92.1 Å². The molecule has 84 valence electrons. The summed E-state index contributed by atoms with van der Waals surface area (Å²) in [6.45, 7) is 6.59. The molecule has 2 heteroatoms. The van der Waals surface area contributed by atoms with Crippen molar-refractivity contribution in [3.05, 3.63) is 29.8 Å². The quantitative estimate of drug-likeness (QED) is 0.800. The highest BCUT2D eigenvalue weighted by atomic mass is 16.3. The number of aromatic hydroxyl groups is 1. The van der Waals surface area contributed by atoms with Gasteiger partial charge in [0.25, 0.3) is 0 Å². The normalized spacial score (nSPS) is 13.9. The van der Waals surface area contributed by atoms with Crippen LogP contribution in [-0.4, -0.2) is 11.1 Å². The predicted octanol–water partition coefficient (Wildman–Crippen LogP) is 2.70. The van der Waals surface area contributed by atoms with E-state index in [-0.39, 0.29) is 11.5 Å². The Morgan fingerprint density at radius 2 is 1.73 bits per heavy atom. The van der Waals surface area contributed by atoms with E-state index in [0.717, 1.165) is 12.8 Å². The van der Waals surface area contributed by atoms with Crippen molar-refractivity contribution >= 4 is 0 Å². The molecule has 0 saturated carbocycles. The van der Waals surface area contributed by atoms with E-state index in [1.54, 1.807) is 12.1 Å². The topological polar surface area (TPSA) is 46.2 Å². The molecule has 0 saturated heterocycles. The fourth-order valence-electron chi connectivity index (χ4n) is 1.79. The first kappa shape index (κ1) is 12.1. The Bertz CT molecular complexity index is 297. The third-order valence-corrected chi connectivity index (χ3v) is 2.31. The standard InChI is InChI=1S/C13H21NO/c1-13(2,3)9-11(14)8-10-4-6-12(15)7-5-10/h4-7,11,15H,8-9,14H2,1-3H3. The molecule has 1 rings (SSSR count). The first-order chi connectivity index (χ1) is 6.87.